The Labute approximate surface area is 116 Å². The van der Waals surface area contributed by atoms with Crippen molar-refractivity contribution < 1.29 is 9.53 Å². The molecule has 3 unspecified atom stereocenters. The smallest absolute Gasteiger partial charge is 0.227 e. The van der Waals surface area contributed by atoms with E-state index in [4.69, 9.17) is 4.74 Å². The van der Waals surface area contributed by atoms with Crippen LogP contribution in [0.4, 0.5) is 0 Å². The first-order valence-corrected chi connectivity index (χ1v) is 7.66. The molecule has 0 bridgehead atoms. The van der Waals surface area contributed by atoms with Crippen LogP contribution in [0.25, 0.3) is 0 Å². The van der Waals surface area contributed by atoms with Crippen molar-refractivity contribution in [2.75, 3.05) is 19.8 Å². The Morgan fingerprint density at radius 1 is 1.32 bits per heavy atom. The Bertz CT molecular complexity index is 317. The maximum atomic E-state index is 12.5. The van der Waals surface area contributed by atoms with Gasteiger partial charge >= 0.3 is 0 Å². The monoisotopic (exact) mass is 268 g/mol. The second-order valence-corrected chi connectivity index (χ2v) is 6.60. The number of likely N-dealkylation sites (N-methyl/N-ethyl adjacent to an activating group) is 1. The van der Waals surface area contributed by atoms with Crippen LogP contribution in [0.3, 0.4) is 0 Å². The van der Waals surface area contributed by atoms with Gasteiger partial charge in [0.15, 0.2) is 0 Å². The number of hydrogen-bond donors (Lipinski definition) is 2. The van der Waals surface area contributed by atoms with Crippen molar-refractivity contribution >= 4 is 5.91 Å². The fraction of sp³-hybridized carbons (Fsp3) is 0.933. The Morgan fingerprint density at radius 2 is 2.11 bits per heavy atom. The molecule has 2 fully saturated rings. The number of hydrogen-bond acceptors (Lipinski definition) is 3. The van der Waals surface area contributed by atoms with Crippen LogP contribution in [0, 0.1) is 11.3 Å². The molecule has 0 aromatic carbocycles. The molecule has 0 aromatic heterocycles. The zero-order valence-electron chi connectivity index (χ0n) is 12.5. The summed E-state index contributed by atoms with van der Waals surface area (Å²) >= 11 is 0. The summed E-state index contributed by atoms with van der Waals surface area (Å²) in [5.74, 6) is 0.140. The molecule has 4 nitrogen and oxygen atoms in total. The SMILES string of the molecule is CCNC1COCC1C(=O)NC1CCCCC1(C)C. The zero-order chi connectivity index (χ0) is 13.9. The molecule has 0 radical (unpaired) electrons. The lowest BCUT2D eigenvalue weighted by molar-refractivity contribution is -0.127. The molecule has 1 heterocycles. The molecule has 2 rings (SSSR count). The van der Waals surface area contributed by atoms with Gasteiger partial charge in [-0.25, -0.2) is 0 Å². The second kappa shape index (κ2) is 6.23. The Balaban J connectivity index is 1.92. The molecular formula is C15H28N2O2. The molecule has 2 N–H and O–H groups in total. The molecule has 1 saturated heterocycles. The standard InChI is InChI=1S/C15H28N2O2/c1-4-16-12-10-19-9-11(12)14(18)17-13-7-5-6-8-15(13,2)3/h11-13,16H,4-10H2,1-3H3,(H,17,18). The van der Waals surface area contributed by atoms with Crippen LogP contribution in [0.2, 0.25) is 0 Å². The van der Waals surface area contributed by atoms with E-state index in [1.165, 1.54) is 19.3 Å². The predicted molar refractivity (Wildman–Crippen MR) is 76.0 cm³/mol. The maximum Gasteiger partial charge on any atom is 0.227 e. The van der Waals surface area contributed by atoms with E-state index in [2.05, 4.69) is 31.4 Å². The molecule has 0 spiro atoms. The van der Waals surface area contributed by atoms with E-state index < -0.39 is 0 Å². The lowest BCUT2D eigenvalue weighted by atomic mass is 9.73. The molecule has 1 aliphatic heterocycles. The maximum absolute atomic E-state index is 12.5. The van der Waals surface area contributed by atoms with E-state index in [0.717, 1.165) is 13.0 Å². The van der Waals surface area contributed by atoms with Crippen molar-refractivity contribution in [2.45, 2.75) is 58.5 Å². The predicted octanol–water partition coefficient (Wildman–Crippen LogP) is 1.70. The number of amides is 1. The van der Waals surface area contributed by atoms with Gasteiger partial charge < -0.3 is 15.4 Å². The van der Waals surface area contributed by atoms with Gasteiger partial charge in [0.1, 0.15) is 0 Å². The minimum atomic E-state index is -0.0299. The van der Waals surface area contributed by atoms with Crippen LogP contribution in [-0.2, 0) is 9.53 Å². The van der Waals surface area contributed by atoms with Crippen LogP contribution in [0.5, 0.6) is 0 Å². The highest BCUT2D eigenvalue weighted by Crippen LogP contribution is 2.35. The van der Waals surface area contributed by atoms with E-state index >= 15 is 0 Å². The van der Waals surface area contributed by atoms with E-state index in [0.29, 0.717) is 19.3 Å². The fourth-order valence-corrected chi connectivity index (χ4v) is 3.32. The van der Waals surface area contributed by atoms with Gasteiger partial charge in [-0.3, -0.25) is 4.79 Å². The number of carbonyl (C=O) groups excluding carboxylic acids is 1. The van der Waals surface area contributed by atoms with Crippen LogP contribution in [-0.4, -0.2) is 37.7 Å². The minimum Gasteiger partial charge on any atom is -0.379 e. The fourth-order valence-electron chi connectivity index (χ4n) is 3.32. The van der Waals surface area contributed by atoms with Crippen molar-refractivity contribution in [1.82, 2.24) is 10.6 Å². The van der Waals surface area contributed by atoms with Gasteiger partial charge in [0, 0.05) is 12.1 Å². The van der Waals surface area contributed by atoms with Crippen molar-refractivity contribution in [2.24, 2.45) is 11.3 Å². The Morgan fingerprint density at radius 3 is 2.79 bits per heavy atom. The summed E-state index contributed by atoms with van der Waals surface area (Å²) in [6.07, 6.45) is 4.83. The van der Waals surface area contributed by atoms with Crippen LogP contribution in [0.1, 0.15) is 46.5 Å². The number of rotatable bonds is 4. The molecule has 1 aliphatic carbocycles. The second-order valence-electron chi connectivity index (χ2n) is 6.60. The summed E-state index contributed by atoms with van der Waals surface area (Å²) in [5, 5.41) is 6.63. The molecule has 110 valence electrons. The molecule has 19 heavy (non-hydrogen) atoms. The summed E-state index contributed by atoms with van der Waals surface area (Å²) < 4.78 is 5.46. The van der Waals surface area contributed by atoms with Gasteiger partial charge in [-0.15, -0.1) is 0 Å². The van der Waals surface area contributed by atoms with Gasteiger partial charge in [0.2, 0.25) is 5.91 Å². The first-order chi connectivity index (χ1) is 9.04. The highest BCUT2D eigenvalue weighted by atomic mass is 16.5. The first kappa shape index (κ1) is 14.8. The summed E-state index contributed by atoms with van der Waals surface area (Å²) in [5.41, 5.74) is 0.223. The van der Waals surface area contributed by atoms with E-state index in [1.807, 2.05) is 0 Å². The average Bonchev–Trinajstić information content (AvgIpc) is 2.80. The zero-order valence-corrected chi connectivity index (χ0v) is 12.5. The molecular weight excluding hydrogens is 240 g/mol. The van der Waals surface area contributed by atoms with E-state index in [-0.39, 0.29) is 23.3 Å². The number of nitrogens with one attached hydrogen (secondary N) is 2. The van der Waals surface area contributed by atoms with Crippen molar-refractivity contribution in [3.63, 3.8) is 0 Å². The molecule has 0 aromatic rings. The van der Waals surface area contributed by atoms with Crippen molar-refractivity contribution in [3.8, 4) is 0 Å². The summed E-state index contributed by atoms with van der Waals surface area (Å²) in [6, 6.07) is 0.494. The third-order valence-electron chi connectivity index (χ3n) is 4.71. The highest BCUT2D eigenvalue weighted by Gasteiger charge is 2.38. The highest BCUT2D eigenvalue weighted by molar-refractivity contribution is 5.80. The lowest BCUT2D eigenvalue weighted by Gasteiger charge is -2.39. The van der Waals surface area contributed by atoms with Gasteiger partial charge in [-0.2, -0.15) is 0 Å². The summed E-state index contributed by atoms with van der Waals surface area (Å²) in [7, 11) is 0. The van der Waals surface area contributed by atoms with Crippen molar-refractivity contribution in [3.05, 3.63) is 0 Å². The normalized spacial score (nSPS) is 34.2. The van der Waals surface area contributed by atoms with Crippen LogP contribution >= 0.6 is 0 Å². The Kier molecular flexibility index (Phi) is 4.85. The first-order valence-electron chi connectivity index (χ1n) is 7.66. The Hall–Kier alpha value is -0.610. The molecule has 3 atom stereocenters. The van der Waals surface area contributed by atoms with Gasteiger partial charge in [-0.1, -0.05) is 33.6 Å². The molecule has 1 saturated carbocycles. The third-order valence-corrected chi connectivity index (χ3v) is 4.71. The van der Waals surface area contributed by atoms with E-state index in [9.17, 15) is 4.79 Å². The van der Waals surface area contributed by atoms with Crippen molar-refractivity contribution in [1.29, 1.82) is 0 Å². The molecule has 4 heteroatoms. The van der Waals surface area contributed by atoms with E-state index in [1.54, 1.807) is 0 Å². The topological polar surface area (TPSA) is 50.4 Å². The largest absolute Gasteiger partial charge is 0.379 e. The quantitative estimate of drug-likeness (QED) is 0.816. The molecule has 1 amide bonds. The van der Waals surface area contributed by atoms with Gasteiger partial charge in [-0.05, 0) is 24.8 Å². The number of ether oxygens (including phenoxy) is 1. The average molecular weight is 268 g/mol. The number of carbonyl (C=O) groups is 1. The minimum absolute atomic E-state index is 0.0299. The van der Waals surface area contributed by atoms with Crippen LogP contribution < -0.4 is 10.6 Å². The van der Waals surface area contributed by atoms with Gasteiger partial charge in [0.25, 0.3) is 0 Å². The van der Waals surface area contributed by atoms with Crippen LogP contribution in [0.15, 0.2) is 0 Å². The van der Waals surface area contributed by atoms with Gasteiger partial charge in [0.05, 0.1) is 19.1 Å². The summed E-state index contributed by atoms with van der Waals surface area (Å²) in [4.78, 5) is 12.5. The lowest BCUT2D eigenvalue weighted by Crippen LogP contribution is -2.52. The molecule has 2 aliphatic rings. The summed E-state index contributed by atoms with van der Waals surface area (Å²) in [6.45, 7) is 8.69. The third kappa shape index (κ3) is 3.48.